The van der Waals surface area contributed by atoms with Gasteiger partial charge >= 0.3 is 0 Å². The Morgan fingerprint density at radius 1 is 1.09 bits per heavy atom. The molecule has 0 bridgehead atoms. The predicted octanol–water partition coefficient (Wildman–Crippen LogP) is 3.34. The Morgan fingerprint density at radius 2 is 1.74 bits per heavy atom. The fourth-order valence-electron chi connectivity index (χ4n) is 2.04. The molecule has 0 aromatic heterocycles. The molecular formula is C18H21FN2OS. The molecule has 122 valence electrons. The Balaban J connectivity index is 1.69. The van der Waals surface area contributed by atoms with Gasteiger partial charge in [0.25, 0.3) is 0 Å². The summed E-state index contributed by atoms with van der Waals surface area (Å²) in [6.07, 6.45) is 0.806. The zero-order chi connectivity index (χ0) is 16.7. The van der Waals surface area contributed by atoms with E-state index in [4.69, 9.17) is 0 Å². The molecule has 0 saturated heterocycles. The first-order valence-corrected chi connectivity index (χ1v) is 8.44. The van der Waals surface area contributed by atoms with Crippen LogP contribution in [-0.2, 0) is 11.2 Å². The van der Waals surface area contributed by atoms with Crippen LogP contribution in [0, 0.1) is 5.82 Å². The number of carbonyl (C=O) groups is 1. The van der Waals surface area contributed by atoms with Crippen molar-refractivity contribution >= 4 is 23.4 Å². The van der Waals surface area contributed by atoms with Gasteiger partial charge in [-0.05, 0) is 48.4 Å². The highest BCUT2D eigenvalue weighted by Gasteiger charge is 2.03. The number of halogens is 1. The standard InChI is InChI=1S/C18H21FN2OS/c1-21(2)16-7-3-14(4-8-16)11-12-20-18(22)13-23-17-9-5-15(19)6-10-17/h3-10H,11-13H2,1-2H3,(H,20,22). The molecule has 0 fully saturated rings. The summed E-state index contributed by atoms with van der Waals surface area (Å²) >= 11 is 1.40. The summed E-state index contributed by atoms with van der Waals surface area (Å²) in [7, 11) is 4.02. The maximum Gasteiger partial charge on any atom is 0.230 e. The fraction of sp³-hybridized carbons (Fsp3) is 0.278. The Kier molecular flexibility index (Phi) is 6.47. The largest absolute Gasteiger partial charge is 0.378 e. The topological polar surface area (TPSA) is 32.3 Å². The van der Waals surface area contributed by atoms with Gasteiger partial charge in [-0.25, -0.2) is 4.39 Å². The maximum absolute atomic E-state index is 12.8. The van der Waals surface area contributed by atoms with Crippen LogP contribution in [-0.4, -0.2) is 32.3 Å². The quantitative estimate of drug-likeness (QED) is 0.789. The molecule has 0 atom stereocenters. The van der Waals surface area contributed by atoms with Crippen LogP contribution in [0.3, 0.4) is 0 Å². The number of nitrogens with zero attached hydrogens (tertiary/aromatic N) is 1. The van der Waals surface area contributed by atoms with Crippen molar-refractivity contribution in [3.05, 3.63) is 59.9 Å². The molecule has 0 aliphatic carbocycles. The van der Waals surface area contributed by atoms with Crippen molar-refractivity contribution in [1.29, 1.82) is 0 Å². The molecule has 0 spiro atoms. The van der Waals surface area contributed by atoms with E-state index in [1.165, 1.54) is 29.5 Å². The normalized spacial score (nSPS) is 10.4. The molecule has 1 N–H and O–H groups in total. The van der Waals surface area contributed by atoms with Crippen molar-refractivity contribution in [2.24, 2.45) is 0 Å². The van der Waals surface area contributed by atoms with Crippen molar-refractivity contribution in [3.8, 4) is 0 Å². The minimum absolute atomic E-state index is 0.00997. The third kappa shape index (κ3) is 5.94. The van der Waals surface area contributed by atoms with Gasteiger partial charge in [0, 0.05) is 31.2 Å². The minimum atomic E-state index is -0.265. The number of carbonyl (C=O) groups excluding carboxylic acids is 1. The summed E-state index contributed by atoms with van der Waals surface area (Å²) < 4.78 is 12.8. The molecule has 2 rings (SSSR count). The lowest BCUT2D eigenvalue weighted by molar-refractivity contribution is -0.118. The monoisotopic (exact) mass is 332 g/mol. The highest BCUT2D eigenvalue weighted by atomic mass is 32.2. The lowest BCUT2D eigenvalue weighted by Crippen LogP contribution is -2.27. The minimum Gasteiger partial charge on any atom is -0.378 e. The van der Waals surface area contributed by atoms with Crippen LogP contribution < -0.4 is 10.2 Å². The Bertz CT molecular complexity index is 626. The number of nitrogens with one attached hydrogen (secondary N) is 1. The summed E-state index contributed by atoms with van der Waals surface area (Å²) in [4.78, 5) is 14.7. The first-order valence-electron chi connectivity index (χ1n) is 7.46. The molecule has 0 radical (unpaired) electrons. The van der Waals surface area contributed by atoms with Crippen LogP contribution in [0.25, 0.3) is 0 Å². The van der Waals surface area contributed by atoms with Crippen molar-refractivity contribution in [3.63, 3.8) is 0 Å². The Labute approximate surface area is 140 Å². The van der Waals surface area contributed by atoms with E-state index in [0.717, 1.165) is 17.0 Å². The van der Waals surface area contributed by atoms with Gasteiger partial charge in [-0.2, -0.15) is 0 Å². The van der Waals surface area contributed by atoms with E-state index in [0.29, 0.717) is 12.3 Å². The molecular weight excluding hydrogens is 311 g/mol. The number of hydrogen-bond acceptors (Lipinski definition) is 3. The fourth-order valence-corrected chi connectivity index (χ4v) is 2.77. The van der Waals surface area contributed by atoms with Gasteiger partial charge in [-0.3, -0.25) is 4.79 Å². The maximum atomic E-state index is 12.8. The van der Waals surface area contributed by atoms with Gasteiger partial charge in [-0.1, -0.05) is 12.1 Å². The summed E-state index contributed by atoms with van der Waals surface area (Å²) in [6, 6.07) is 14.5. The first kappa shape index (κ1) is 17.3. The van der Waals surface area contributed by atoms with Crippen LogP contribution in [0.1, 0.15) is 5.56 Å². The Hall–Kier alpha value is -2.01. The SMILES string of the molecule is CN(C)c1ccc(CCNC(=O)CSc2ccc(F)cc2)cc1. The molecule has 5 heteroatoms. The molecule has 0 aliphatic heterocycles. The molecule has 23 heavy (non-hydrogen) atoms. The van der Waals surface area contributed by atoms with Gasteiger partial charge in [0.1, 0.15) is 5.82 Å². The summed E-state index contributed by atoms with van der Waals surface area (Å²) in [6.45, 7) is 0.615. The van der Waals surface area contributed by atoms with Crippen molar-refractivity contribution in [1.82, 2.24) is 5.32 Å². The van der Waals surface area contributed by atoms with Gasteiger partial charge in [-0.15, -0.1) is 11.8 Å². The van der Waals surface area contributed by atoms with Crippen LogP contribution in [0.2, 0.25) is 0 Å². The average molecular weight is 332 g/mol. The molecule has 1 amide bonds. The van der Waals surface area contributed by atoms with E-state index >= 15 is 0 Å². The number of amides is 1. The summed E-state index contributed by atoms with van der Waals surface area (Å²) in [5.41, 5.74) is 2.36. The van der Waals surface area contributed by atoms with E-state index in [1.54, 1.807) is 12.1 Å². The number of benzene rings is 2. The van der Waals surface area contributed by atoms with Crippen LogP contribution >= 0.6 is 11.8 Å². The van der Waals surface area contributed by atoms with E-state index in [2.05, 4.69) is 34.5 Å². The van der Waals surface area contributed by atoms with Gasteiger partial charge in [0.15, 0.2) is 0 Å². The number of anilines is 1. The van der Waals surface area contributed by atoms with Crippen molar-refractivity contribution in [2.75, 3.05) is 31.3 Å². The highest BCUT2D eigenvalue weighted by Crippen LogP contribution is 2.17. The third-order valence-electron chi connectivity index (χ3n) is 3.37. The lowest BCUT2D eigenvalue weighted by atomic mass is 10.1. The van der Waals surface area contributed by atoms with Crippen LogP contribution in [0.15, 0.2) is 53.4 Å². The molecule has 0 heterocycles. The highest BCUT2D eigenvalue weighted by molar-refractivity contribution is 8.00. The van der Waals surface area contributed by atoms with E-state index < -0.39 is 0 Å². The van der Waals surface area contributed by atoms with Crippen LogP contribution in [0.5, 0.6) is 0 Å². The Morgan fingerprint density at radius 3 is 2.35 bits per heavy atom. The predicted molar refractivity (Wildman–Crippen MR) is 94.6 cm³/mol. The molecule has 0 saturated carbocycles. The van der Waals surface area contributed by atoms with Gasteiger partial charge in [0.2, 0.25) is 5.91 Å². The lowest BCUT2D eigenvalue weighted by Gasteiger charge is -2.12. The molecule has 3 nitrogen and oxygen atoms in total. The molecule has 2 aromatic rings. The summed E-state index contributed by atoms with van der Waals surface area (Å²) in [5.74, 6) is 0.0638. The van der Waals surface area contributed by atoms with E-state index in [1.807, 2.05) is 14.1 Å². The molecule has 0 unspecified atom stereocenters. The molecule has 0 aliphatic rings. The molecule has 2 aromatic carbocycles. The second kappa shape index (κ2) is 8.58. The summed E-state index contributed by atoms with van der Waals surface area (Å²) in [5, 5.41) is 2.91. The number of thioether (sulfide) groups is 1. The smallest absolute Gasteiger partial charge is 0.230 e. The van der Waals surface area contributed by atoms with Crippen LogP contribution in [0.4, 0.5) is 10.1 Å². The van der Waals surface area contributed by atoms with E-state index in [-0.39, 0.29) is 11.7 Å². The van der Waals surface area contributed by atoms with E-state index in [9.17, 15) is 9.18 Å². The number of hydrogen-bond donors (Lipinski definition) is 1. The second-order valence-corrected chi connectivity index (χ2v) is 6.45. The zero-order valence-electron chi connectivity index (χ0n) is 13.4. The number of rotatable bonds is 7. The van der Waals surface area contributed by atoms with Gasteiger partial charge < -0.3 is 10.2 Å². The zero-order valence-corrected chi connectivity index (χ0v) is 14.2. The first-order chi connectivity index (χ1) is 11.0. The van der Waals surface area contributed by atoms with Crippen molar-refractivity contribution in [2.45, 2.75) is 11.3 Å². The third-order valence-corrected chi connectivity index (χ3v) is 4.38. The van der Waals surface area contributed by atoms with Crippen molar-refractivity contribution < 1.29 is 9.18 Å². The van der Waals surface area contributed by atoms with Gasteiger partial charge in [0.05, 0.1) is 5.75 Å². The second-order valence-electron chi connectivity index (χ2n) is 5.40. The average Bonchev–Trinajstić information content (AvgIpc) is 2.55.